The van der Waals surface area contributed by atoms with Crippen molar-refractivity contribution in [2.75, 3.05) is 18.0 Å². The number of rotatable bonds is 3. The number of hydrogen-bond acceptors (Lipinski definition) is 6. The molecule has 0 spiro atoms. The van der Waals surface area contributed by atoms with Gasteiger partial charge in [0.1, 0.15) is 0 Å². The summed E-state index contributed by atoms with van der Waals surface area (Å²) in [5, 5.41) is 6.38. The van der Waals surface area contributed by atoms with E-state index in [-0.39, 0.29) is 0 Å². The first-order valence-electron chi connectivity index (χ1n) is 7.62. The summed E-state index contributed by atoms with van der Waals surface area (Å²) in [4.78, 5) is 18.5. The number of aldehydes is 1. The molecule has 6 nitrogen and oxygen atoms in total. The Hall–Kier alpha value is -2.25. The second kappa shape index (κ2) is 5.75. The van der Waals surface area contributed by atoms with Crippen molar-refractivity contribution >= 4 is 29.0 Å². The van der Waals surface area contributed by atoms with E-state index >= 15 is 0 Å². The molecule has 3 aromatic rings. The highest BCUT2D eigenvalue weighted by atomic mass is 32.1. The fraction of sp³-hybridized carbons (Fsp3) is 0.312. The molecule has 1 aliphatic heterocycles. The topological polar surface area (TPSA) is 76.5 Å². The van der Waals surface area contributed by atoms with Gasteiger partial charge < -0.3 is 10.6 Å². The van der Waals surface area contributed by atoms with E-state index in [0.29, 0.717) is 10.9 Å². The molecule has 0 amide bonds. The minimum atomic E-state index is 0.310. The number of thiophene rings is 1. The lowest BCUT2D eigenvalue weighted by atomic mass is 10.1. The van der Waals surface area contributed by atoms with Crippen LogP contribution in [0.2, 0.25) is 0 Å². The van der Waals surface area contributed by atoms with Crippen molar-refractivity contribution in [1.82, 2.24) is 14.6 Å². The van der Waals surface area contributed by atoms with Gasteiger partial charge in [-0.1, -0.05) is 0 Å². The largest absolute Gasteiger partial charge is 0.369 e. The first-order valence-corrected chi connectivity index (χ1v) is 8.50. The third-order valence-corrected chi connectivity index (χ3v) is 5.15. The molecule has 0 unspecified atom stereocenters. The highest BCUT2D eigenvalue weighted by molar-refractivity contribution is 7.12. The first-order chi connectivity index (χ1) is 11.2. The number of carbonyl (C=O) groups excluding carboxylic acids is 1. The molecule has 1 saturated heterocycles. The van der Waals surface area contributed by atoms with E-state index < -0.39 is 0 Å². The van der Waals surface area contributed by atoms with Crippen molar-refractivity contribution < 1.29 is 4.79 Å². The molecular weight excluding hydrogens is 310 g/mol. The Kier molecular flexibility index (Phi) is 3.59. The Morgan fingerprint density at radius 1 is 1.30 bits per heavy atom. The highest BCUT2D eigenvalue weighted by Gasteiger charge is 2.18. The van der Waals surface area contributed by atoms with Crippen LogP contribution in [-0.2, 0) is 0 Å². The van der Waals surface area contributed by atoms with Gasteiger partial charge in [-0.15, -0.1) is 11.3 Å². The van der Waals surface area contributed by atoms with Crippen LogP contribution in [0.4, 0.5) is 5.69 Å². The summed E-state index contributed by atoms with van der Waals surface area (Å²) in [5.74, 6) is 0. The van der Waals surface area contributed by atoms with Gasteiger partial charge in [-0.2, -0.15) is 5.10 Å². The van der Waals surface area contributed by atoms with E-state index in [0.717, 1.165) is 54.7 Å². The Bertz CT molecular complexity index is 847. The summed E-state index contributed by atoms with van der Waals surface area (Å²) in [5.41, 5.74) is 9.76. The van der Waals surface area contributed by atoms with E-state index in [1.54, 1.807) is 10.7 Å². The first kappa shape index (κ1) is 14.3. The number of piperidine rings is 1. The lowest BCUT2D eigenvalue weighted by Crippen LogP contribution is -2.39. The molecule has 3 aromatic heterocycles. The average molecular weight is 327 g/mol. The SMILES string of the molecule is NC1CCN(c2cnc3c(-c4csc(C=O)c4)cnn3c2)CC1. The lowest BCUT2D eigenvalue weighted by molar-refractivity contribution is 0.112. The smallest absolute Gasteiger partial charge is 0.162 e. The standard InChI is InChI=1S/C16H17N5OS/c17-12-1-3-20(4-2-12)13-6-18-16-15(7-19-21(16)8-13)11-5-14(9-22)23-10-11/h5-10,12H,1-4,17H2. The quantitative estimate of drug-likeness (QED) is 0.746. The fourth-order valence-electron chi connectivity index (χ4n) is 2.95. The Balaban J connectivity index is 1.67. The molecule has 0 aromatic carbocycles. The number of hydrogen-bond donors (Lipinski definition) is 1. The Morgan fingerprint density at radius 2 is 2.13 bits per heavy atom. The number of nitrogens with two attached hydrogens (primary N) is 1. The molecule has 4 heterocycles. The molecule has 0 aliphatic carbocycles. The van der Waals surface area contributed by atoms with Gasteiger partial charge in [0.15, 0.2) is 11.9 Å². The third kappa shape index (κ3) is 2.62. The van der Waals surface area contributed by atoms with Crippen LogP contribution >= 0.6 is 11.3 Å². The molecule has 4 rings (SSSR count). The third-order valence-electron chi connectivity index (χ3n) is 4.29. The van der Waals surface area contributed by atoms with Crippen molar-refractivity contribution in [3.8, 4) is 11.1 Å². The predicted octanol–water partition coefficient (Wildman–Crippen LogP) is 2.20. The normalized spacial score (nSPS) is 16.1. The number of nitrogens with zero attached hydrogens (tertiary/aromatic N) is 4. The highest BCUT2D eigenvalue weighted by Crippen LogP contribution is 2.28. The van der Waals surface area contributed by atoms with Gasteiger partial charge in [0.05, 0.1) is 29.2 Å². The maximum atomic E-state index is 10.9. The van der Waals surface area contributed by atoms with E-state index in [1.165, 1.54) is 11.3 Å². The van der Waals surface area contributed by atoms with Crippen LogP contribution in [0.15, 0.2) is 30.0 Å². The van der Waals surface area contributed by atoms with Crippen molar-refractivity contribution in [2.24, 2.45) is 5.73 Å². The molecule has 0 saturated carbocycles. The van der Waals surface area contributed by atoms with Gasteiger partial charge in [-0.3, -0.25) is 4.79 Å². The summed E-state index contributed by atoms with van der Waals surface area (Å²) in [6.07, 6.45) is 8.58. The summed E-state index contributed by atoms with van der Waals surface area (Å²) >= 11 is 1.43. The molecule has 0 bridgehead atoms. The van der Waals surface area contributed by atoms with Gasteiger partial charge in [-0.05, 0) is 29.9 Å². The lowest BCUT2D eigenvalue weighted by Gasteiger charge is -2.31. The molecular formula is C16H17N5OS. The van der Waals surface area contributed by atoms with Crippen LogP contribution in [-0.4, -0.2) is 40.0 Å². The molecule has 118 valence electrons. The van der Waals surface area contributed by atoms with Crippen LogP contribution in [0.25, 0.3) is 16.8 Å². The van der Waals surface area contributed by atoms with Gasteiger partial charge in [0.25, 0.3) is 0 Å². The number of aromatic nitrogens is 3. The number of fused-ring (bicyclic) bond motifs is 1. The second-order valence-electron chi connectivity index (χ2n) is 5.82. The van der Waals surface area contributed by atoms with Crippen LogP contribution in [0.3, 0.4) is 0 Å². The van der Waals surface area contributed by atoms with Crippen LogP contribution in [0.5, 0.6) is 0 Å². The van der Waals surface area contributed by atoms with Crippen LogP contribution in [0.1, 0.15) is 22.5 Å². The molecule has 0 atom stereocenters. The van der Waals surface area contributed by atoms with Crippen molar-refractivity contribution in [2.45, 2.75) is 18.9 Å². The zero-order valence-corrected chi connectivity index (χ0v) is 13.4. The van der Waals surface area contributed by atoms with Gasteiger partial charge in [-0.25, -0.2) is 9.50 Å². The summed E-state index contributed by atoms with van der Waals surface area (Å²) < 4.78 is 1.80. The molecule has 0 radical (unpaired) electrons. The summed E-state index contributed by atoms with van der Waals surface area (Å²) in [7, 11) is 0. The van der Waals surface area contributed by atoms with E-state index in [9.17, 15) is 4.79 Å². The number of carbonyl (C=O) groups is 1. The Morgan fingerprint density at radius 3 is 2.87 bits per heavy atom. The minimum Gasteiger partial charge on any atom is -0.369 e. The van der Waals surface area contributed by atoms with Crippen LogP contribution < -0.4 is 10.6 Å². The molecule has 1 aliphatic rings. The van der Waals surface area contributed by atoms with E-state index in [4.69, 9.17) is 5.73 Å². The van der Waals surface area contributed by atoms with E-state index in [1.807, 2.05) is 23.8 Å². The zero-order valence-electron chi connectivity index (χ0n) is 12.6. The van der Waals surface area contributed by atoms with Gasteiger partial charge >= 0.3 is 0 Å². The predicted molar refractivity (Wildman–Crippen MR) is 91.1 cm³/mol. The maximum absolute atomic E-state index is 10.9. The summed E-state index contributed by atoms with van der Waals surface area (Å²) in [6.45, 7) is 1.91. The van der Waals surface area contributed by atoms with E-state index in [2.05, 4.69) is 15.0 Å². The Labute approximate surface area is 137 Å². The molecule has 7 heteroatoms. The van der Waals surface area contributed by atoms with Crippen molar-refractivity contribution in [1.29, 1.82) is 0 Å². The minimum absolute atomic E-state index is 0.310. The average Bonchev–Trinajstić information content (AvgIpc) is 3.21. The second-order valence-corrected chi connectivity index (χ2v) is 6.76. The fourth-order valence-corrected chi connectivity index (χ4v) is 3.65. The molecule has 2 N–H and O–H groups in total. The molecule has 1 fully saturated rings. The van der Waals surface area contributed by atoms with Crippen LogP contribution in [0, 0.1) is 0 Å². The monoisotopic (exact) mass is 327 g/mol. The molecule has 23 heavy (non-hydrogen) atoms. The maximum Gasteiger partial charge on any atom is 0.162 e. The zero-order chi connectivity index (χ0) is 15.8. The van der Waals surface area contributed by atoms with Gasteiger partial charge in [0.2, 0.25) is 0 Å². The van der Waals surface area contributed by atoms with Crippen molar-refractivity contribution in [3.05, 3.63) is 34.9 Å². The summed E-state index contributed by atoms with van der Waals surface area (Å²) in [6, 6.07) is 2.18. The number of anilines is 1. The van der Waals surface area contributed by atoms with Crippen molar-refractivity contribution in [3.63, 3.8) is 0 Å². The van der Waals surface area contributed by atoms with Gasteiger partial charge in [0, 0.05) is 24.7 Å².